The first-order chi connectivity index (χ1) is 10.1. The lowest BCUT2D eigenvalue weighted by Gasteiger charge is -2.23. The van der Waals surface area contributed by atoms with E-state index in [4.69, 9.17) is 0 Å². The van der Waals surface area contributed by atoms with Crippen molar-refractivity contribution in [3.63, 3.8) is 0 Å². The van der Waals surface area contributed by atoms with Gasteiger partial charge in [0.15, 0.2) is 0 Å². The topological polar surface area (TPSA) is 65.5 Å². The predicted octanol–water partition coefficient (Wildman–Crippen LogP) is 2.19. The van der Waals surface area contributed by atoms with Crippen LogP contribution >= 0.6 is 11.3 Å². The van der Waals surface area contributed by atoms with Gasteiger partial charge in [-0.2, -0.15) is 0 Å². The fraction of sp³-hybridized carbons (Fsp3) is 0.733. The number of aliphatic hydroxyl groups excluding tert-OH is 1. The Morgan fingerprint density at radius 1 is 1.57 bits per heavy atom. The molecule has 0 bridgehead atoms. The molecule has 1 aromatic rings. The van der Waals surface area contributed by atoms with E-state index in [1.807, 2.05) is 6.92 Å². The van der Waals surface area contributed by atoms with E-state index in [0.717, 1.165) is 42.8 Å². The lowest BCUT2D eigenvalue weighted by atomic mass is 10.1. The summed E-state index contributed by atoms with van der Waals surface area (Å²) in [6.07, 6.45) is 4.51. The molecule has 1 heterocycles. The van der Waals surface area contributed by atoms with E-state index in [0.29, 0.717) is 13.1 Å². The quantitative estimate of drug-likeness (QED) is 0.792. The lowest BCUT2D eigenvalue weighted by Crippen LogP contribution is -2.41. The van der Waals surface area contributed by atoms with E-state index in [2.05, 4.69) is 15.7 Å². The average Bonchev–Trinajstić information content (AvgIpc) is 3.04. The normalized spacial score (nSPS) is 21.5. The van der Waals surface area contributed by atoms with Crippen LogP contribution in [0.1, 0.15) is 36.4 Å². The zero-order chi connectivity index (χ0) is 15.2. The molecule has 1 aromatic heterocycles. The SMILES string of the molecule is Cc1csc(CCCNC(=O)N(C)CC2CCCC2O)n1. The van der Waals surface area contributed by atoms with Crippen molar-refractivity contribution >= 4 is 17.4 Å². The summed E-state index contributed by atoms with van der Waals surface area (Å²) in [5, 5.41) is 15.9. The molecule has 2 unspecified atom stereocenters. The summed E-state index contributed by atoms with van der Waals surface area (Å²) in [6, 6.07) is -0.0515. The van der Waals surface area contributed by atoms with Crippen molar-refractivity contribution in [2.45, 2.75) is 45.1 Å². The smallest absolute Gasteiger partial charge is 0.317 e. The van der Waals surface area contributed by atoms with E-state index >= 15 is 0 Å². The number of hydrogen-bond donors (Lipinski definition) is 2. The van der Waals surface area contributed by atoms with Crippen LogP contribution in [-0.4, -0.2) is 47.3 Å². The number of nitrogens with one attached hydrogen (secondary N) is 1. The number of rotatable bonds is 6. The number of amides is 2. The van der Waals surface area contributed by atoms with Gasteiger partial charge < -0.3 is 15.3 Å². The van der Waals surface area contributed by atoms with Crippen molar-refractivity contribution in [3.05, 3.63) is 16.1 Å². The van der Waals surface area contributed by atoms with Gasteiger partial charge in [-0.05, 0) is 26.2 Å². The number of hydrogen-bond acceptors (Lipinski definition) is 4. The maximum Gasteiger partial charge on any atom is 0.317 e. The van der Waals surface area contributed by atoms with Crippen molar-refractivity contribution < 1.29 is 9.90 Å². The molecule has 1 fully saturated rings. The molecule has 0 radical (unpaired) electrons. The summed E-state index contributed by atoms with van der Waals surface area (Å²) >= 11 is 1.67. The maximum absolute atomic E-state index is 12.0. The Bertz CT molecular complexity index is 464. The van der Waals surface area contributed by atoms with Gasteiger partial charge in [-0.25, -0.2) is 9.78 Å². The minimum absolute atomic E-state index is 0.0515. The predicted molar refractivity (Wildman–Crippen MR) is 84.5 cm³/mol. The van der Waals surface area contributed by atoms with Gasteiger partial charge in [0.2, 0.25) is 0 Å². The number of aromatic nitrogens is 1. The first-order valence-electron chi connectivity index (χ1n) is 7.64. The van der Waals surface area contributed by atoms with Gasteiger partial charge in [0, 0.05) is 43.5 Å². The summed E-state index contributed by atoms with van der Waals surface area (Å²) in [6.45, 7) is 3.29. The molecule has 0 saturated heterocycles. The molecule has 1 aliphatic rings. The molecule has 2 rings (SSSR count). The zero-order valence-corrected chi connectivity index (χ0v) is 13.7. The van der Waals surface area contributed by atoms with Crippen molar-refractivity contribution in [1.29, 1.82) is 0 Å². The largest absolute Gasteiger partial charge is 0.393 e. The number of carbonyl (C=O) groups is 1. The Morgan fingerprint density at radius 2 is 2.38 bits per heavy atom. The first-order valence-corrected chi connectivity index (χ1v) is 8.52. The number of carbonyl (C=O) groups excluding carboxylic acids is 1. The number of nitrogens with zero attached hydrogens (tertiary/aromatic N) is 2. The molecule has 2 N–H and O–H groups in total. The minimum atomic E-state index is -0.242. The Balaban J connectivity index is 1.62. The molecule has 6 heteroatoms. The Hall–Kier alpha value is -1.14. The zero-order valence-electron chi connectivity index (χ0n) is 12.8. The van der Waals surface area contributed by atoms with Crippen LogP contribution in [0.25, 0.3) is 0 Å². The molecule has 1 aliphatic carbocycles. The first kappa shape index (κ1) is 16.2. The summed E-state index contributed by atoms with van der Waals surface area (Å²) in [5.74, 6) is 0.235. The highest BCUT2D eigenvalue weighted by Gasteiger charge is 2.27. The molecular weight excluding hydrogens is 286 g/mol. The number of aryl methyl sites for hydroxylation is 2. The summed E-state index contributed by atoms with van der Waals surface area (Å²) in [7, 11) is 1.80. The third-order valence-electron chi connectivity index (χ3n) is 3.98. The highest BCUT2D eigenvalue weighted by atomic mass is 32.1. The van der Waals surface area contributed by atoms with Crippen molar-refractivity contribution in [2.75, 3.05) is 20.1 Å². The van der Waals surface area contributed by atoms with E-state index in [1.165, 1.54) is 0 Å². The van der Waals surface area contributed by atoms with E-state index in [9.17, 15) is 9.90 Å². The van der Waals surface area contributed by atoms with Gasteiger partial charge in [-0.1, -0.05) is 6.42 Å². The fourth-order valence-electron chi connectivity index (χ4n) is 2.75. The average molecular weight is 311 g/mol. The van der Waals surface area contributed by atoms with Crippen molar-refractivity contribution in [3.8, 4) is 0 Å². The number of urea groups is 1. The highest BCUT2D eigenvalue weighted by molar-refractivity contribution is 7.09. The molecular formula is C15H25N3O2S. The molecule has 0 aromatic carbocycles. The van der Waals surface area contributed by atoms with Crippen molar-refractivity contribution in [2.24, 2.45) is 5.92 Å². The van der Waals surface area contributed by atoms with E-state index in [-0.39, 0.29) is 18.1 Å². The second-order valence-electron chi connectivity index (χ2n) is 5.86. The van der Waals surface area contributed by atoms with Gasteiger partial charge in [0.1, 0.15) is 0 Å². The van der Waals surface area contributed by atoms with E-state index < -0.39 is 0 Å². The Labute approximate surface area is 130 Å². The van der Waals surface area contributed by atoms with Crippen LogP contribution in [-0.2, 0) is 6.42 Å². The van der Waals surface area contributed by atoms with E-state index in [1.54, 1.807) is 23.3 Å². The summed E-state index contributed by atoms with van der Waals surface area (Å²) in [5.41, 5.74) is 1.06. The van der Waals surface area contributed by atoms with Crippen molar-refractivity contribution in [1.82, 2.24) is 15.2 Å². The second kappa shape index (κ2) is 7.75. The van der Waals surface area contributed by atoms with Crippen LogP contribution in [0.2, 0.25) is 0 Å². The molecule has 2 atom stereocenters. The molecule has 1 saturated carbocycles. The van der Waals surface area contributed by atoms with Gasteiger partial charge >= 0.3 is 6.03 Å². The van der Waals surface area contributed by atoms with Crippen LogP contribution in [0.15, 0.2) is 5.38 Å². The van der Waals surface area contributed by atoms with Crippen LogP contribution in [0.5, 0.6) is 0 Å². The monoisotopic (exact) mass is 311 g/mol. The van der Waals surface area contributed by atoms with Crippen LogP contribution in [0.4, 0.5) is 4.79 Å². The van der Waals surface area contributed by atoms with Crippen LogP contribution in [0, 0.1) is 12.8 Å². The van der Waals surface area contributed by atoms with Gasteiger partial charge in [0.25, 0.3) is 0 Å². The van der Waals surface area contributed by atoms with Gasteiger partial charge in [-0.15, -0.1) is 11.3 Å². The number of thiazole rings is 1. The summed E-state index contributed by atoms with van der Waals surface area (Å²) < 4.78 is 0. The second-order valence-corrected chi connectivity index (χ2v) is 6.80. The molecule has 5 nitrogen and oxygen atoms in total. The fourth-order valence-corrected chi connectivity index (χ4v) is 3.57. The molecule has 2 amide bonds. The third kappa shape index (κ3) is 4.97. The standard InChI is InChI=1S/C15H25N3O2S/c1-11-10-21-14(17-11)7-4-8-16-15(20)18(2)9-12-5-3-6-13(12)19/h10,12-13,19H,3-9H2,1-2H3,(H,16,20). The molecule has 0 spiro atoms. The minimum Gasteiger partial charge on any atom is -0.393 e. The third-order valence-corrected chi connectivity index (χ3v) is 5.01. The maximum atomic E-state index is 12.0. The number of aliphatic hydroxyl groups is 1. The molecule has 0 aliphatic heterocycles. The summed E-state index contributed by atoms with van der Waals surface area (Å²) in [4.78, 5) is 18.1. The molecule has 118 valence electrons. The van der Waals surface area contributed by atoms with Crippen LogP contribution in [0.3, 0.4) is 0 Å². The molecule has 21 heavy (non-hydrogen) atoms. The lowest BCUT2D eigenvalue weighted by molar-refractivity contribution is 0.114. The highest BCUT2D eigenvalue weighted by Crippen LogP contribution is 2.25. The van der Waals surface area contributed by atoms with Gasteiger partial charge in [-0.3, -0.25) is 0 Å². The Kier molecular flexibility index (Phi) is 5.99. The van der Waals surface area contributed by atoms with Crippen LogP contribution < -0.4 is 5.32 Å². The van der Waals surface area contributed by atoms with Gasteiger partial charge in [0.05, 0.1) is 11.1 Å². The Morgan fingerprint density at radius 3 is 3.00 bits per heavy atom.